The normalized spacial score (nSPS) is 54.1. The molecule has 0 bridgehead atoms. The van der Waals surface area contributed by atoms with Crippen molar-refractivity contribution in [1.29, 1.82) is 0 Å². The first-order chi connectivity index (χ1) is 23.9. The second kappa shape index (κ2) is 15.1. The summed E-state index contributed by atoms with van der Waals surface area (Å²) in [6, 6.07) is 0. The van der Waals surface area contributed by atoms with Gasteiger partial charge in [-0.25, -0.2) is 0 Å². The number of aliphatic hydroxyl groups excluding tert-OH is 8. The lowest BCUT2D eigenvalue weighted by atomic mass is 9.43. The first-order valence-electron chi connectivity index (χ1n) is 19.6. The molecule has 0 aromatic carbocycles. The molecule has 0 spiro atoms. The van der Waals surface area contributed by atoms with Crippen molar-refractivity contribution in [2.45, 2.75) is 186 Å². The van der Waals surface area contributed by atoms with Crippen LogP contribution in [0.15, 0.2) is 11.6 Å². The zero-order valence-electron chi connectivity index (χ0n) is 31.5. The fourth-order valence-corrected chi connectivity index (χ4v) is 12.0. The van der Waals surface area contributed by atoms with Gasteiger partial charge in [-0.2, -0.15) is 0 Å². The van der Waals surface area contributed by atoms with Crippen molar-refractivity contribution < 1.29 is 59.8 Å². The summed E-state index contributed by atoms with van der Waals surface area (Å²) in [6.45, 7) is 14.0. The SMILES string of the molecule is CC(C)=CC[C@H](O)[C@@H](C)[C@H]1[C@@H](O[C@H]2O[C@H](C)[C@@H](O)[C@H](O)[C@@H]2O)C[C@H]2[C@@H]3CC[C@H]4C[C@@H](O)C[C@@H](O[C@@H]5O[C@@H](C)[C@H](O)[C@@H](O)[C@H]5O)[C@]4(C)[C@H]3CC[C@]12C. The van der Waals surface area contributed by atoms with E-state index in [0.717, 1.165) is 31.3 Å². The number of rotatable bonds is 8. The molecular formula is C39H66O12. The maximum atomic E-state index is 11.6. The Morgan fingerprint density at radius 2 is 1.35 bits per heavy atom. The fraction of sp³-hybridized carbons (Fsp3) is 0.949. The molecule has 2 heterocycles. The second-order valence-electron chi connectivity index (χ2n) is 18.1. The number of fused-ring (bicyclic) bond motifs is 5. The van der Waals surface area contributed by atoms with Crippen LogP contribution in [0.2, 0.25) is 0 Å². The van der Waals surface area contributed by atoms with Crippen molar-refractivity contribution in [2.24, 2.45) is 46.3 Å². The van der Waals surface area contributed by atoms with E-state index in [1.165, 1.54) is 0 Å². The number of allylic oxidation sites excluding steroid dienone is 1. The van der Waals surface area contributed by atoms with Crippen molar-refractivity contribution in [1.82, 2.24) is 0 Å². The maximum Gasteiger partial charge on any atom is 0.186 e. The van der Waals surface area contributed by atoms with Crippen LogP contribution in [0.4, 0.5) is 0 Å². The van der Waals surface area contributed by atoms with Crippen LogP contribution in [0.5, 0.6) is 0 Å². The largest absolute Gasteiger partial charge is 0.393 e. The van der Waals surface area contributed by atoms with Gasteiger partial charge in [-0.1, -0.05) is 32.4 Å². The molecule has 4 saturated carbocycles. The standard InChI is InChI=1S/C39H66O12/c1-17(2)8-11-26(41)18(3)29-27(50-36-34(46)32(44)30(42)19(4)48-36)16-25-23-10-9-21-14-22(40)15-28(39(21,7)24(23)12-13-38(25,29)6)51-37-35(47)33(45)31(43)20(5)49-37/h8,18-37,40-47H,9-16H2,1-7H3/t18-,19-,20+,21+,22-,23-,24+,25+,26+,27+,28-,29+,30-,31+,32+,33-,34+,35-,36-,37+,38+,39+/m1/s1. The lowest BCUT2D eigenvalue weighted by molar-refractivity contribution is -0.328. The van der Waals surface area contributed by atoms with Crippen LogP contribution in [0.3, 0.4) is 0 Å². The zero-order valence-corrected chi connectivity index (χ0v) is 31.5. The highest BCUT2D eigenvalue weighted by Crippen LogP contribution is 2.69. The van der Waals surface area contributed by atoms with E-state index in [2.05, 4.69) is 26.8 Å². The number of ether oxygens (including phenoxy) is 4. The Bertz CT molecular complexity index is 1230. The molecule has 8 N–H and O–H groups in total. The number of hydrogen-bond donors (Lipinski definition) is 8. The summed E-state index contributed by atoms with van der Waals surface area (Å²) < 4.78 is 25.2. The third-order valence-electron chi connectivity index (χ3n) is 15.0. The van der Waals surface area contributed by atoms with Gasteiger partial charge in [0.2, 0.25) is 0 Å². The van der Waals surface area contributed by atoms with Gasteiger partial charge in [0.15, 0.2) is 12.6 Å². The first-order valence-corrected chi connectivity index (χ1v) is 19.6. The summed E-state index contributed by atoms with van der Waals surface area (Å²) in [6.07, 6.45) is -5.96. The van der Waals surface area contributed by atoms with Crippen LogP contribution in [0, 0.1) is 46.3 Å². The number of hydrogen-bond acceptors (Lipinski definition) is 12. The predicted octanol–water partition coefficient (Wildman–Crippen LogP) is 2.00. The van der Waals surface area contributed by atoms with Gasteiger partial charge in [0.25, 0.3) is 0 Å². The first kappa shape index (κ1) is 39.9. The molecule has 6 fully saturated rings. The molecule has 22 atom stereocenters. The van der Waals surface area contributed by atoms with Crippen LogP contribution in [0.1, 0.15) is 99.8 Å². The van der Waals surface area contributed by atoms with Crippen LogP contribution < -0.4 is 0 Å². The summed E-state index contributed by atoms with van der Waals surface area (Å²) in [4.78, 5) is 0. The second-order valence-corrected chi connectivity index (χ2v) is 18.1. The summed E-state index contributed by atoms with van der Waals surface area (Å²) in [5.41, 5.74) is 0.557. The van der Waals surface area contributed by atoms with Crippen molar-refractivity contribution in [2.75, 3.05) is 0 Å². The Labute approximate surface area is 303 Å². The van der Waals surface area contributed by atoms with Crippen molar-refractivity contribution in [3.63, 3.8) is 0 Å². The zero-order chi connectivity index (χ0) is 37.3. The van der Waals surface area contributed by atoms with Gasteiger partial charge in [-0.15, -0.1) is 0 Å². The Morgan fingerprint density at radius 3 is 1.94 bits per heavy atom. The van der Waals surface area contributed by atoms with Crippen LogP contribution in [0.25, 0.3) is 0 Å². The average molecular weight is 727 g/mol. The molecule has 0 unspecified atom stereocenters. The van der Waals surface area contributed by atoms with E-state index in [1.807, 2.05) is 13.8 Å². The van der Waals surface area contributed by atoms with Crippen LogP contribution >= 0.6 is 0 Å². The topological polar surface area (TPSA) is 199 Å². The van der Waals surface area contributed by atoms with Gasteiger partial charge in [-0.3, -0.25) is 0 Å². The summed E-state index contributed by atoms with van der Waals surface area (Å²) in [5, 5.41) is 86.4. The maximum absolute atomic E-state index is 11.6. The summed E-state index contributed by atoms with van der Waals surface area (Å²) >= 11 is 0. The molecule has 0 radical (unpaired) electrons. The molecule has 4 aliphatic carbocycles. The lowest BCUT2D eigenvalue weighted by Gasteiger charge is -2.63. The Balaban J connectivity index is 1.30. The lowest BCUT2D eigenvalue weighted by Crippen LogP contribution is -2.63. The van der Waals surface area contributed by atoms with E-state index >= 15 is 0 Å². The fourth-order valence-electron chi connectivity index (χ4n) is 12.0. The summed E-state index contributed by atoms with van der Waals surface area (Å²) in [7, 11) is 0. The van der Waals surface area contributed by atoms with Gasteiger partial charge in [0.1, 0.15) is 36.6 Å². The molecule has 12 nitrogen and oxygen atoms in total. The summed E-state index contributed by atoms with van der Waals surface area (Å²) in [5.74, 6) is 0.657. The Hall–Kier alpha value is -0.740. The molecule has 12 heteroatoms. The highest BCUT2D eigenvalue weighted by atomic mass is 16.7. The van der Waals surface area contributed by atoms with E-state index in [1.54, 1.807) is 13.8 Å². The van der Waals surface area contributed by atoms with E-state index in [0.29, 0.717) is 25.7 Å². The van der Waals surface area contributed by atoms with Gasteiger partial charge in [-0.05, 0) is 119 Å². The molecule has 6 aliphatic rings. The molecule has 2 saturated heterocycles. The van der Waals surface area contributed by atoms with E-state index in [-0.39, 0.29) is 52.4 Å². The number of aliphatic hydroxyl groups is 8. The molecule has 0 aromatic heterocycles. The minimum Gasteiger partial charge on any atom is -0.393 e. The van der Waals surface area contributed by atoms with Gasteiger partial charge < -0.3 is 59.8 Å². The quantitative estimate of drug-likeness (QED) is 0.170. The van der Waals surface area contributed by atoms with Crippen LogP contribution in [-0.2, 0) is 18.9 Å². The van der Waals surface area contributed by atoms with Crippen molar-refractivity contribution in [3.8, 4) is 0 Å². The molecule has 294 valence electrons. The minimum atomic E-state index is -1.43. The highest BCUT2D eigenvalue weighted by molar-refractivity contribution is 5.15. The molecule has 0 aromatic rings. The molecule has 0 amide bonds. The Kier molecular flexibility index (Phi) is 11.8. The smallest absolute Gasteiger partial charge is 0.186 e. The van der Waals surface area contributed by atoms with E-state index in [4.69, 9.17) is 18.9 Å². The highest BCUT2D eigenvalue weighted by Gasteiger charge is 2.66. The monoisotopic (exact) mass is 726 g/mol. The Morgan fingerprint density at radius 1 is 0.765 bits per heavy atom. The average Bonchev–Trinajstić information content (AvgIpc) is 3.38. The predicted molar refractivity (Wildman–Crippen MR) is 186 cm³/mol. The van der Waals surface area contributed by atoms with E-state index in [9.17, 15) is 40.9 Å². The van der Waals surface area contributed by atoms with Crippen molar-refractivity contribution in [3.05, 3.63) is 11.6 Å². The molecule has 51 heavy (non-hydrogen) atoms. The van der Waals surface area contributed by atoms with Crippen LogP contribution in [-0.4, -0.2) is 127 Å². The van der Waals surface area contributed by atoms with Gasteiger partial charge in [0.05, 0.1) is 36.6 Å². The third kappa shape index (κ3) is 7.01. The van der Waals surface area contributed by atoms with Gasteiger partial charge >= 0.3 is 0 Å². The molecular weight excluding hydrogens is 660 g/mol. The molecule has 6 rings (SSSR count). The third-order valence-corrected chi connectivity index (χ3v) is 15.0. The molecule has 2 aliphatic heterocycles. The van der Waals surface area contributed by atoms with Gasteiger partial charge in [0, 0.05) is 6.42 Å². The van der Waals surface area contributed by atoms with Crippen molar-refractivity contribution >= 4 is 0 Å². The minimum absolute atomic E-state index is 0.0787. The van der Waals surface area contributed by atoms with E-state index < -0.39 is 79.7 Å².